The Morgan fingerprint density at radius 1 is 0.939 bits per heavy atom. The van der Waals surface area contributed by atoms with Crippen LogP contribution >= 0.6 is 0 Å². The molecule has 33 heavy (non-hydrogen) atoms. The number of aromatic nitrogens is 3. The SMILES string of the molecule is Fc1ccc2c(Nc3cc(-c4ccccc4C(F)(F)F)nc(C4CCCCC4)c3)n[nH]c2c1. The first-order valence-corrected chi connectivity index (χ1v) is 11.0. The molecule has 1 fully saturated rings. The molecular weight excluding hydrogens is 432 g/mol. The minimum absolute atomic E-state index is 0.0414. The monoisotopic (exact) mass is 454 g/mol. The fraction of sp³-hybridized carbons (Fsp3) is 0.280. The van der Waals surface area contributed by atoms with E-state index in [4.69, 9.17) is 0 Å². The number of nitrogens with one attached hydrogen (secondary N) is 2. The second-order valence-electron chi connectivity index (χ2n) is 8.43. The lowest BCUT2D eigenvalue weighted by molar-refractivity contribution is -0.137. The molecule has 1 aliphatic rings. The van der Waals surface area contributed by atoms with Crippen LogP contribution in [0.4, 0.5) is 29.1 Å². The Morgan fingerprint density at radius 2 is 1.73 bits per heavy atom. The van der Waals surface area contributed by atoms with Crippen molar-refractivity contribution in [3.05, 3.63) is 71.7 Å². The minimum atomic E-state index is -4.49. The summed E-state index contributed by atoms with van der Waals surface area (Å²) in [4.78, 5) is 4.69. The second kappa shape index (κ2) is 8.50. The lowest BCUT2D eigenvalue weighted by Gasteiger charge is -2.23. The van der Waals surface area contributed by atoms with Gasteiger partial charge in [-0.3, -0.25) is 10.1 Å². The van der Waals surface area contributed by atoms with Gasteiger partial charge in [0.25, 0.3) is 0 Å². The number of alkyl halides is 3. The molecule has 1 saturated carbocycles. The van der Waals surface area contributed by atoms with Gasteiger partial charge in [-0.25, -0.2) is 4.39 Å². The van der Waals surface area contributed by atoms with Crippen molar-refractivity contribution in [2.45, 2.75) is 44.2 Å². The van der Waals surface area contributed by atoms with Gasteiger partial charge in [-0.15, -0.1) is 0 Å². The van der Waals surface area contributed by atoms with Crippen LogP contribution in [0.3, 0.4) is 0 Å². The summed E-state index contributed by atoms with van der Waals surface area (Å²) in [5, 5.41) is 10.9. The van der Waals surface area contributed by atoms with Crippen molar-refractivity contribution >= 4 is 22.4 Å². The van der Waals surface area contributed by atoms with E-state index in [0.717, 1.165) is 43.9 Å². The number of benzene rings is 2. The van der Waals surface area contributed by atoms with Crippen molar-refractivity contribution in [2.75, 3.05) is 5.32 Å². The van der Waals surface area contributed by atoms with Gasteiger partial charge in [-0.05, 0) is 49.2 Å². The van der Waals surface area contributed by atoms with Crippen LogP contribution in [0.5, 0.6) is 0 Å². The smallest absolute Gasteiger partial charge is 0.338 e. The summed E-state index contributed by atoms with van der Waals surface area (Å²) < 4.78 is 54.7. The number of pyridine rings is 1. The summed E-state index contributed by atoms with van der Waals surface area (Å²) in [6.45, 7) is 0. The average Bonchev–Trinajstić information content (AvgIpc) is 3.20. The lowest BCUT2D eigenvalue weighted by Crippen LogP contribution is -2.10. The van der Waals surface area contributed by atoms with Crippen LogP contribution in [-0.4, -0.2) is 15.2 Å². The van der Waals surface area contributed by atoms with Gasteiger partial charge in [-0.2, -0.15) is 18.3 Å². The van der Waals surface area contributed by atoms with Gasteiger partial charge in [0.15, 0.2) is 5.82 Å². The molecule has 4 nitrogen and oxygen atoms in total. The summed E-state index contributed by atoms with van der Waals surface area (Å²) in [6, 6.07) is 13.3. The number of hydrogen-bond donors (Lipinski definition) is 2. The highest BCUT2D eigenvalue weighted by atomic mass is 19.4. The van der Waals surface area contributed by atoms with E-state index in [1.54, 1.807) is 18.2 Å². The van der Waals surface area contributed by atoms with E-state index in [2.05, 4.69) is 20.5 Å². The number of anilines is 2. The van der Waals surface area contributed by atoms with Crippen LogP contribution < -0.4 is 5.32 Å². The highest BCUT2D eigenvalue weighted by Crippen LogP contribution is 2.39. The molecule has 0 amide bonds. The van der Waals surface area contributed by atoms with Gasteiger partial charge in [0.2, 0.25) is 0 Å². The van der Waals surface area contributed by atoms with Crippen molar-refractivity contribution in [1.29, 1.82) is 0 Å². The maximum absolute atomic E-state index is 13.7. The molecule has 0 atom stereocenters. The highest BCUT2D eigenvalue weighted by molar-refractivity contribution is 5.91. The van der Waals surface area contributed by atoms with E-state index in [1.165, 1.54) is 24.3 Å². The molecule has 8 heteroatoms. The van der Waals surface area contributed by atoms with E-state index in [1.807, 2.05) is 6.07 Å². The quantitative estimate of drug-likeness (QED) is 0.313. The van der Waals surface area contributed by atoms with Gasteiger partial charge >= 0.3 is 6.18 Å². The number of rotatable bonds is 4. The van der Waals surface area contributed by atoms with Crippen molar-refractivity contribution in [1.82, 2.24) is 15.2 Å². The summed E-state index contributed by atoms with van der Waals surface area (Å²) in [5.74, 6) is 0.287. The molecule has 2 aromatic heterocycles. The van der Waals surface area contributed by atoms with Gasteiger partial charge < -0.3 is 5.32 Å². The minimum Gasteiger partial charge on any atom is -0.338 e. The van der Waals surface area contributed by atoms with E-state index in [0.29, 0.717) is 22.4 Å². The largest absolute Gasteiger partial charge is 0.417 e. The second-order valence-corrected chi connectivity index (χ2v) is 8.43. The Bertz CT molecular complexity index is 1290. The molecule has 0 radical (unpaired) electrons. The Kier molecular flexibility index (Phi) is 5.52. The zero-order valence-electron chi connectivity index (χ0n) is 17.7. The van der Waals surface area contributed by atoms with Crippen molar-refractivity contribution in [3.63, 3.8) is 0 Å². The average molecular weight is 454 g/mol. The van der Waals surface area contributed by atoms with Gasteiger partial charge in [0, 0.05) is 28.2 Å². The molecule has 0 saturated heterocycles. The predicted molar refractivity (Wildman–Crippen MR) is 120 cm³/mol. The number of fused-ring (bicyclic) bond motifs is 1. The molecule has 0 aliphatic heterocycles. The maximum atomic E-state index is 13.7. The van der Waals surface area contributed by atoms with Crippen molar-refractivity contribution in [3.8, 4) is 11.3 Å². The highest BCUT2D eigenvalue weighted by Gasteiger charge is 2.34. The first-order valence-electron chi connectivity index (χ1n) is 11.0. The fourth-order valence-corrected chi connectivity index (χ4v) is 4.55. The summed E-state index contributed by atoms with van der Waals surface area (Å²) in [7, 11) is 0. The van der Waals surface area contributed by atoms with Crippen molar-refractivity contribution in [2.24, 2.45) is 0 Å². The molecule has 4 aromatic rings. The molecule has 1 aliphatic carbocycles. The van der Waals surface area contributed by atoms with Crippen LogP contribution in [0.25, 0.3) is 22.2 Å². The topological polar surface area (TPSA) is 53.6 Å². The summed E-state index contributed by atoms with van der Waals surface area (Å²) in [5.41, 5.74) is 1.48. The zero-order valence-corrected chi connectivity index (χ0v) is 17.7. The van der Waals surface area contributed by atoms with E-state index >= 15 is 0 Å². The third-order valence-corrected chi connectivity index (χ3v) is 6.16. The van der Waals surface area contributed by atoms with Crippen LogP contribution in [0, 0.1) is 5.82 Å². The van der Waals surface area contributed by atoms with Gasteiger partial charge in [0.1, 0.15) is 5.82 Å². The van der Waals surface area contributed by atoms with Crippen LogP contribution in [-0.2, 0) is 6.18 Å². The van der Waals surface area contributed by atoms with E-state index in [9.17, 15) is 17.6 Å². The Labute approximate surface area is 188 Å². The van der Waals surface area contributed by atoms with E-state index < -0.39 is 11.7 Å². The molecule has 170 valence electrons. The molecule has 0 spiro atoms. The first-order chi connectivity index (χ1) is 15.9. The third kappa shape index (κ3) is 4.42. The predicted octanol–water partition coefficient (Wildman–Crippen LogP) is 7.57. The molecule has 2 heterocycles. The first kappa shape index (κ1) is 21.4. The Morgan fingerprint density at radius 3 is 2.52 bits per heavy atom. The lowest BCUT2D eigenvalue weighted by atomic mass is 9.86. The standard InChI is InChI=1S/C25H22F4N4/c26-16-10-11-19-23(12-16)32-33-24(19)30-17-13-21(15-6-2-1-3-7-15)31-22(14-17)18-8-4-5-9-20(18)25(27,28)29/h4-5,8-15H,1-3,6-7H2,(H2,30,31,32,33). The molecule has 2 aromatic carbocycles. The third-order valence-electron chi connectivity index (χ3n) is 6.16. The van der Waals surface area contributed by atoms with E-state index in [-0.39, 0.29) is 23.0 Å². The molecule has 0 bridgehead atoms. The van der Waals surface area contributed by atoms with Crippen LogP contribution in [0.2, 0.25) is 0 Å². The molecule has 2 N–H and O–H groups in total. The number of hydrogen-bond acceptors (Lipinski definition) is 3. The van der Waals surface area contributed by atoms with Gasteiger partial charge in [0.05, 0.1) is 16.8 Å². The summed E-state index contributed by atoms with van der Waals surface area (Å²) in [6.07, 6.45) is 0.744. The normalized spacial score (nSPS) is 15.2. The molecular formula is C25H22F4N4. The Hall–Kier alpha value is -3.42. The molecule has 0 unspecified atom stereocenters. The van der Waals surface area contributed by atoms with Gasteiger partial charge in [-0.1, -0.05) is 37.5 Å². The number of nitrogens with zero attached hydrogens (tertiary/aromatic N) is 2. The van der Waals surface area contributed by atoms with Crippen molar-refractivity contribution < 1.29 is 17.6 Å². The zero-order chi connectivity index (χ0) is 23.0. The van der Waals surface area contributed by atoms with Crippen LogP contribution in [0.1, 0.15) is 49.3 Å². The number of aromatic amines is 1. The fourth-order valence-electron chi connectivity index (χ4n) is 4.55. The van der Waals surface area contributed by atoms with Crippen LogP contribution in [0.15, 0.2) is 54.6 Å². The molecule has 5 rings (SSSR count). The number of halogens is 4. The Balaban J connectivity index is 1.61. The number of H-pyrrole nitrogens is 1. The maximum Gasteiger partial charge on any atom is 0.417 e. The summed E-state index contributed by atoms with van der Waals surface area (Å²) >= 11 is 0.